The second kappa shape index (κ2) is 8.73. The van der Waals surface area contributed by atoms with E-state index in [0.29, 0.717) is 47.9 Å². The first-order valence-electron chi connectivity index (χ1n) is 7.70. The summed E-state index contributed by atoms with van der Waals surface area (Å²) in [6, 6.07) is 1.53. The van der Waals surface area contributed by atoms with Crippen LogP contribution in [0, 0.1) is 0 Å². The summed E-state index contributed by atoms with van der Waals surface area (Å²) in [6.07, 6.45) is 2.13. The molecule has 10 heteroatoms. The molecule has 1 saturated heterocycles. The summed E-state index contributed by atoms with van der Waals surface area (Å²) in [5, 5.41) is 10.3. The van der Waals surface area contributed by atoms with Crippen molar-refractivity contribution in [2.45, 2.75) is 19.4 Å². The lowest BCUT2D eigenvalue weighted by atomic mass is 10.3. The first-order valence-corrected chi connectivity index (χ1v) is 10.3. The van der Waals surface area contributed by atoms with Crippen LogP contribution in [0.15, 0.2) is 17.3 Å². The third-order valence-corrected chi connectivity index (χ3v) is 5.66. The van der Waals surface area contributed by atoms with Crippen molar-refractivity contribution >= 4 is 44.8 Å². The average molecular weight is 394 g/mol. The highest BCUT2D eigenvalue weighted by atomic mass is 35.5. The number of nitrogens with one attached hydrogen (secondary N) is 3. The third-order valence-electron chi connectivity index (χ3n) is 3.40. The van der Waals surface area contributed by atoms with Crippen molar-refractivity contribution in [3.8, 4) is 0 Å². The molecule has 7 nitrogen and oxygen atoms in total. The Balaban J connectivity index is 1.84. The van der Waals surface area contributed by atoms with Gasteiger partial charge in [0, 0.05) is 25.3 Å². The van der Waals surface area contributed by atoms with Gasteiger partial charge in [0.2, 0.25) is 0 Å². The van der Waals surface area contributed by atoms with Crippen molar-refractivity contribution in [3.05, 3.63) is 22.3 Å². The molecule has 1 aliphatic rings. The summed E-state index contributed by atoms with van der Waals surface area (Å²) in [5.74, 6) is 1.54. The quantitative estimate of drug-likeness (QED) is 0.385. The molecule has 0 spiro atoms. The van der Waals surface area contributed by atoms with Gasteiger partial charge in [-0.05, 0) is 19.4 Å². The van der Waals surface area contributed by atoms with Gasteiger partial charge < -0.3 is 16.0 Å². The summed E-state index contributed by atoms with van der Waals surface area (Å²) in [7, 11) is -2.92. The van der Waals surface area contributed by atoms with Crippen LogP contribution >= 0.6 is 23.2 Å². The zero-order valence-corrected chi connectivity index (χ0v) is 15.7. The first kappa shape index (κ1) is 19.1. The zero-order valence-electron chi connectivity index (χ0n) is 13.3. The summed E-state index contributed by atoms with van der Waals surface area (Å²) in [4.78, 5) is 8.54. The van der Waals surface area contributed by atoms with Gasteiger partial charge >= 0.3 is 0 Å². The summed E-state index contributed by atoms with van der Waals surface area (Å²) in [5.41, 5.74) is 0. The Kier molecular flexibility index (Phi) is 6.94. The van der Waals surface area contributed by atoms with Crippen LogP contribution in [0.2, 0.25) is 10.0 Å². The van der Waals surface area contributed by atoms with E-state index in [-0.39, 0.29) is 17.5 Å². The number of aromatic nitrogens is 1. The number of pyridine rings is 1. The molecule has 0 aliphatic carbocycles. The minimum Gasteiger partial charge on any atom is -0.367 e. The molecule has 24 heavy (non-hydrogen) atoms. The van der Waals surface area contributed by atoms with Crippen LogP contribution in [0.5, 0.6) is 0 Å². The molecule has 2 rings (SSSR count). The third kappa shape index (κ3) is 5.99. The van der Waals surface area contributed by atoms with Crippen molar-refractivity contribution in [2.75, 3.05) is 36.5 Å². The molecule has 1 aliphatic heterocycles. The Hall–Kier alpha value is -1.25. The fourth-order valence-electron chi connectivity index (χ4n) is 2.31. The molecule has 134 valence electrons. The maximum atomic E-state index is 11.5. The van der Waals surface area contributed by atoms with Crippen molar-refractivity contribution in [2.24, 2.45) is 4.99 Å². The van der Waals surface area contributed by atoms with E-state index in [9.17, 15) is 8.42 Å². The van der Waals surface area contributed by atoms with Gasteiger partial charge in [0.05, 0.1) is 28.1 Å². The van der Waals surface area contributed by atoms with E-state index in [4.69, 9.17) is 23.2 Å². The predicted octanol–water partition coefficient (Wildman–Crippen LogP) is 1.54. The van der Waals surface area contributed by atoms with Crippen molar-refractivity contribution in [1.82, 2.24) is 15.6 Å². The molecule has 2 heterocycles. The number of aliphatic imine (C=N–C) groups is 1. The topological polar surface area (TPSA) is 95.5 Å². The minimum absolute atomic E-state index is 0.0897. The fourth-order valence-corrected chi connectivity index (χ4v) is 4.43. The summed E-state index contributed by atoms with van der Waals surface area (Å²) < 4.78 is 23.0. The van der Waals surface area contributed by atoms with Crippen molar-refractivity contribution in [3.63, 3.8) is 0 Å². The molecule has 0 saturated carbocycles. The maximum Gasteiger partial charge on any atom is 0.191 e. The zero-order chi connectivity index (χ0) is 17.6. The van der Waals surface area contributed by atoms with Crippen LogP contribution < -0.4 is 16.0 Å². The molecule has 1 aromatic heterocycles. The van der Waals surface area contributed by atoms with Gasteiger partial charge in [-0.15, -0.1) is 0 Å². The number of guanidine groups is 1. The highest BCUT2D eigenvalue weighted by Gasteiger charge is 2.28. The van der Waals surface area contributed by atoms with Gasteiger partial charge in [-0.3, -0.25) is 4.99 Å². The molecule has 1 fully saturated rings. The molecule has 0 radical (unpaired) electrons. The molecular formula is C14H21Cl2N5O2S. The van der Waals surface area contributed by atoms with Gasteiger partial charge in [0.15, 0.2) is 15.8 Å². The standard InChI is InChI=1S/C14H21Cl2N5O2S/c1-2-17-14(21-11-3-6-24(22,23)9-11)19-5-4-18-13-12(16)7-10(15)8-20-13/h7-8,11H,2-6,9H2,1H3,(H,18,20)(H2,17,19,21). The van der Waals surface area contributed by atoms with E-state index >= 15 is 0 Å². The molecule has 1 unspecified atom stereocenters. The number of halogens is 2. The smallest absolute Gasteiger partial charge is 0.191 e. The Labute approximate surface area is 152 Å². The molecule has 0 aromatic carbocycles. The number of nitrogens with zero attached hydrogens (tertiary/aromatic N) is 2. The van der Waals surface area contributed by atoms with E-state index in [1.807, 2.05) is 6.92 Å². The second-order valence-electron chi connectivity index (χ2n) is 5.42. The molecule has 3 N–H and O–H groups in total. The maximum absolute atomic E-state index is 11.5. The second-order valence-corrected chi connectivity index (χ2v) is 8.49. The van der Waals surface area contributed by atoms with E-state index in [2.05, 4.69) is 25.9 Å². The number of hydrogen-bond acceptors (Lipinski definition) is 5. The van der Waals surface area contributed by atoms with E-state index in [1.54, 1.807) is 6.07 Å². The normalized spacial score (nSPS) is 20.0. The Bertz CT molecular complexity index is 696. The lowest BCUT2D eigenvalue weighted by Crippen LogP contribution is -2.44. The van der Waals surface area contributed by atoms with Crippen LogP contribution in [0.1, 0.15) is 13.3 Å². The van der Waals surface area contributed by atoms with E-state index < -0.39 is 9.84 Å². The summed E-state index contributed by atoms with van der Waals surface area (Å²) >= 11 is 11.8. The monoisotopic (exact) mass is 393 g/mol. The van der Waals surface area contributed by atoms with E-state index in [1.165, 1.54) is 6.20 Å². The predicted molar refractivity (Wildman–Crippen MR) is 98.9 cm³/mol. The molecule has 1 aromatic rings. The highest BCUT2D eigenvalue weighted by Crippen LogP contribution is 2.22. The van der Waals surface area contributed by atoms with Gasteiger partial charge in [-0.2, -0.15) is 0 Å². The molecule has 1 atom stereocenters. The van der Waals surface area contributed by atoms with Crippen LogP contribution in [-0.4, -0.2) is 56.5 Å². The Morgan fingerprint density at radius 3 is 2.88 bits per heavy atom. The lowest BCUT2D eigenvalue weighted by Gasteiger charge is -2.16. The number of anilines is 1. The average Bonchev–Trinajstić information content (AvgIpc) is 2.84. The Morgan fingerprint density at radius 2 is 2.25 bits per heavy atom. The van der Waals surface area contributed by atoms with Gasteiger partial charge in [0.25, 0.3) is 0 Å². The van der Waals surface area contributed by atoms with Gasteiger partial charge in [0.1, 0.15) is 5.82 Å². The van der Waals surface area contributed by atoms with Crippen LogP contribution in [0.25, 0.3) is 0 Å². The fraction of sp³-hybridized carbons (Fsp3) is 0.571. The number of rotatable bonds is 6. The summed E-state index contributed by atoms with van der Waals surface area (Å²) in [6.45, 7) is 3.67. The SMILES string of the molecule is CCNC(=NCCNc1ncc(Cl)cc1Cl)NC1CCS(=O)(=O)C1. The molecular weight excluding hydrogens is 373 g/mol. The number of hydrogen-bond donors (Lipinski definition) is 3. The van der Waals surface area contributed by atoms with Gasteiger partial charge in [-0.25, -0.2) is 13.4 Å². The van der Waals surface area contributed by atoms with Crippen LogP contribution in [0.4, 0.5) is 5.82 Å². The highest BCUT2D eigenvalue weighted by molar-refractivity contribution is 7.91. The molecule has 0 amide bonds. The van der Waals surface area contributed by atoms with Gasteiger partial charge in [-0.1, -0.05) is 23.2 Å². The Morgan fingerprint density at radius 1 is 1.46 bits per heavy atom. The van der Waals surface area contributed by atoms with E-state index in [0.717, 1.165) is 0 Å². The largest absolute Gasteiger partial charge is 0.367 e. The first-order chi connectivity index (χ1) is 11.4. The van der Waals surface area contributed by atoms with Crippen LogP contribution in [-0.2, 0) is 9.84 Å². The van der Waals surface area contributed by atoms with Crippen LogP contribution in [0.3, 0.4) is 0 Å². The number of sulfone groups is 1. The van der Waals surface area contributed by atoms with Crippen molar-refractivity contribution < 1.29 is 8.42 Å². The molecule has 0 bridgehead atoms. The minimum atomic E-state index is -2.92. The van der Waals surface area contributed by atoms with Crippen molar-refractivity contribution in [1.29, 1.82) is 0 Å². The lowest BCUT2D eigenvalue weighted by molar-refractivity contribution is 0.599.